The molecule has 1 fully saturated rings. The molecule has 9 heteroatoms. The number of anilines is 1. The number of halogens is 2. The highest BCUT2D eigenvalue weighted by atomic mass is 35.5. The highest BCUT2D eigenvalue weighted by molar-refractivity contribution is 7.88. The summed E-state index contributed by atoms with van der Waals surface area (Å²) in [4.78, 5) is 12.1. The van der Waals surface area contributed by atoms with E-state index in [2.05, 4.69) is 0 Å². The molecule has 0 radical (unpaired) electrons. The largest absolute Gasteiger partial charge is 0.445 e. The molecule has 1 aromatic carbocycles. The number of amides is 1. The number of carbonyl (C=O) groups excluding carboxylic acids is 1. The van der Waals surface area contributed by atoms with Crippen LogP contribution in [0.3, 0.4) is 0 Å². The monoisotopic (exact) mass is 353 g/mol. The molecular formula is C12H13Cl2NO5S. The number of hydrogen-bond donors (Lipinski definition) is 1. The van der Waals surface area contributed by atoms with Gasteiger partial charge >= 0.3 is 16.4 Å². The highest BCUT2D eigenvalue weighted by Gasteiger charge is 2.33. The molecule has 0 aromatic heterocycles. The van der Waals surface area contributed by atoms with Crippen LogP contribution in [0.15, 0.2) is 18.2 Å². The Morgan fingerprint density at radius 2 is 1.90 bits per heavy atom. The topological polar surface area (TPSA) is 83.9 Å². The van der Waals surface area contributed by atoms with Crippen molar-refractivity contribution in [2.24, 2.45) is 0 Å². The lowest BCUT2D eigenvalue weighted by molar-refractivity contribution is 0.111. The van der Waals surface area contributed by atoms with E-state index in [0.717, 1.165) is 12.8 Å². The van der Waals surface area contributed by atoms with Crippen molar-refractivity contribution in [1.29, 1.82) is 0 Å². The van der Waals surface area contributed by atoms with Crippen LogP contribution in [0.2, 0.25) is 10.0 Å². The molecule has 1 aliphatic carbocycles. The summed E-state index contributed by atoms with van der Waals surface area (Å²) >= 11 is 11.7. The summed E-state index contributed by atoms with van der Waals surface area (Å²) in [6, 6.07) is 4.08. The molecule has 0 heterocycles. The van der Waals surface area contributed by atoms with Crippen molar-refractivity contribution in [3.63, 3.8) is 0 Å². The quantitative estimate of drug-likeness (QED) is 0.837. The first kappa shape index (κ1) is 16.4. The van der Waals surface area contributed by atoms with Crippen LogP contribution >= 0.6 is 23.2 Å². The van der Waals surface area contributed by atoms with Gasteiger partial charge in [-0.15, -0.1) is 4.31 Å². The van der Waals surface area contributed by atoms with Crippen LogP contribution in [0, 0.1) is 0 Å². The van der Waals surface area contributed by atoms with Gasteiger partial charge in [-0.3, -0.25) is 4.55 Å². The van der Waals surface area contributed by atoms with Gasteiger partial charge in [0.1, 0.15) is 6.10 Å². The number of rotatable bonds is 3. The van der Waals surface area contributed by atoms with Crippen molar-refractivity contribution >= 4 is 45.3 Å². The maximum Gasteiger partial charge on any atom is 0.430 e. The lowest BCUT2D eigenvalue weighted by Crippen LogP contribution is -2.38. The molecule has 116 valence electrons. The third-order valence-corrected chi connectivity index (χ3v) is 4.73. The summed E-state index contributed by atoms with van der Waals surface area (Å²) < 4.78 is 37.5. The molecule has 21 heavy (non-hydrogen) atoms. The van der Waals surface area contributed by atoms with Crippen LogP contribution in [-0.2, 0) is 15.0 Å². The number of benzene rings is 1. The summed E-state index contributed by atoms with van der Waals surface area (Å²) in [7, 11) is -4.88. The van der Waals surface area contributed by atoms with Crippen molar-refractivity contribution in [3.05, 3.63) is 28.2 Å². The van der Waals surface area contributed by atoms with Gasteiger partial charge in [0.15, 0.2) is 0 Å². The summed E-state index contributed by atoms with van der Waals surface area (Å²) in [5.41, 5.74) is -0.255. The fraction of sp³-hybridized carbons (Fsp3) is 0.417. The Kier molecular flexibility index (Phi) is 4.98. The van der Waals surface area contributed by atoms with Gasteiger partial charge in [-0.05, 0) is 37.8 Å². The molecule has 0 saturated heterocycles. The molecule has 1 aliphatic rings. The number of ether oxygens (including phenoxy) is 1. The third-order valence-electron chi connectivity index (χ3n) is 3.12. The zero-order valence-electron chi connectivity index (χ0n) is 10.8. The van der Waals surface area contributed by atoms with Crippen LogP contribution in [0.5, 0.6) is 0 Å². The summed E-state index contributed by atoms with van der Waals surface area (Å²) in [6.07, 6.45) is 1.57. The first-order chi connectivity index (χ1) is 9.80. The van der Waals surface area contributed by atoms with E-state index in [-0.39, 0.29) is 26.1 Å². The lowest BCUT2D eigenvalue weighted by atomic mass is 10.3. The SMILES string of the molecule is O=C(OC1CCCC1)N(c1cccc(Cl)c1Cl)S(=O)(=O)O. The Morgan fingerprint density at radius 3 is 2.48 bits per heavy atom. The molecular weight excluding hydrogens is 341 g/mol. The van der Waals surface area contributed by atoms with Gasteiger partial charge in [-0.2, -0.15) is 8.42 Å². The highest BCUT2D eigenvalue weighted by Crippen LogP contribution is 2.34. The van der Waals surface area contributed by atoms with E-state index in [9.17, 15) is 17.8 Å². The second-order valence-electron chi connectivity index (χ2n) is 4.61. The zero-order valence-corrected chi connectivity index (χ0v) is 13.2. The zero-order chi connectivity index (χ0) is 15.6. The summed E-state index contributed by atoms with van der Waals surface area (Å²) in [5.74, 6) is 0. The average Bonchev–Trinajstić information content (AvgIpc) is 2.86. The minimum absolute atomic E-state index is 0.0523. The molecule has 1 N–H and O–H groups in total. The van der Waals surface area contributed by atoms with Crippen LogP contribution < -0.4 is 4.31 Å². The Labute approximate surface area is 132 Å². The van der Waals surface area contributed by atoms with E-state index in [1.165, 1.54) is 18.2 Å². The predicted molar refractivity (Wildman–Crippen MR) is 79.2 cm³/mol. The number of hydrogen-bond acceptors (Lipinski definition) is 4. The predicted octanol–water partition coefficient (Wildman–Crippen LogP) is 3.68. The van der Waals surface area contributed by atoms with Crippen molar-refractivity contribution in [1.82, 2.24) is 0 Å². The molecule has 0 bridgehead atoms. The number of carbonyl (C=O) groups is 1. The first-order valence-corrected chi connectivity index (χ1v) is 8.38. The molecule has 0 aliphatic heterocycles. The Bertz CT molecular complexity index is 643. The smallest absolute Gasteiger partial charge is 0.430 e. The Morgan fingerprint density at radius 1 is 1.29 bits per heavy atom. The van der Waals surface area contributed by atoms with Crippen molar-refractivity contribution in [2.45, 2.75) is 31.8 Å². The fourth-order valence-corrected chi connectivity index (χ4v) is 3.23. The molecule has 6 nitrogen and oxygen atoms in total. The fourth-order valence-electron chi connectivity index (χ4n) is 2.16. The average molecular weight is 354 g/mol. The van der Waals surface area contributed by atoms with E-state index >= 15 is 0 Å². The van der Waals surface area contributed by atoms with Crippen LogP contribution in [0.1, 0.15) is 25.7 Å². The molecule has 0 atom stereocenters. The maximum atomic E-state index is 12.1. The van der Waals surface area contributed by atoms with Crippen molar-refractivity contribution in [3.8, 4) is 0 Å². The maximum absolute atomic E-state index is 12.1. The first-order valence-electron chi connectivity index (χ1n) is 6.23. The molecule has 1 saturated carbocycles. The van der Waals surface area contributed by atoms with Crippen LogP contribution in [0.4, 0.5) is 10.5 Å². The normalized spacial score (nSPS) is 16.0. The van der Waals surface area contributed by atoms with Gasteiger partial charge < -0.3 is 4.74 Å². The molecule has 2 rings (SSSR count). The van der Waals surface area contributed by atoms with Crippen LogP contribution in [-0.4, -0.2) is 25.2 Å². The van der Waals surface area contributed by atoms with Crippen molar-refractivity contribution in [2.75, 3.05) is 4.31 Å². The molecule has 1 amide bonds. The van der Waals surface area contributed by atoms with Gasteiger partial charge in [0.2, 0.25) is 0 Å². The standard InChI is InChI=1S/C12H13Cl2NO5S/c13-9-6-3-7-10(11(9)14)15(21(17,18)19)12(16)20-8-4-1-2-5-8/h3,6-8H,1-2,4-5H2,(H,17,18,19). The van der Waals surface area contributed by atoms with E-state index in [1.807, 2.05) is 0 Å². The van der Waals surface area contributed by atoms with Gasteiger partial charge in [-0.25, -0.2) is 4.79 Å². The summed E-state index contributed by atoms with van der Waals surface area (Å²) in [6.45, 7) is 0. The van der Waals surface area contributed by atoms with Gasteiger partial charge in [0.05, 0.1) is 15.7 Å². The third kappa shape index (κ3) is 3.79. The second kappa shape index (κ2) is 6.39. The Hall–Kier alpha value is -1.02. The van der Waals surface area contributed by atoms with Crippen LogP contribution in [0.25, 0.3) is 0 Å². The van der Waals surface area contributed by atoms with Gasteiger partial charge in [-0.1, -0.05) is 29.3 Å². The van der Waals surface area contributed by atoms with Gasteiger partial charge in [0.25, 0.3) is 0 Å². The molecule has 0 spiro atoms. The Balaban J connectivity index is 2.34. The molecule has 0 unspecified atom stereocenters. The van der Waals surface area contributed by atoms with E-state index in [0.29, 0.717) is 12.8 Å². The minimum atomic E-state index is -4.88. The van der Waals surface area contributed by atoms with Crippen molar-refractivity contribution < 1.29 is 22.5 Å². The summed E-state index contributed by atoms with van der Waals surface area (Å²) in [5, 5.41) is -0.114. The van der Waals surface area contributed by atoms with E-state index < -0.39 is 16.4 Å². The van der Waals surface area contributed by atoms with E-state index in [4.69, 9.17) is 27.9 Å². The van der Waals surface area contributed by atoms with Gasteiger partial charge in [0, 0.05) is 0 Å². The lowest BCUT2D eigenvalue weighted by Gasteiger charge is -2.22. The molecule has 1 aromatic rings. The van der Waals surface area contributed by atoms with E-state index in [1.54, 1.807) is 0 Å². The number of nitrogens with zero attached hydrogens (tertiary/aromatic N) is 1. The second-order valence-corrected chi connectivity index (χ2v) is 6.65. The minimum Gasteiger partial charge on any atom is -0.445 e.